The molecule has 1 aromatic carbocycles. The van der Waals surface area contributed by atoms with E-state index in [4.69, 9.17) is 4.74 Å². The summed E-state index contributed by atoms with van der Waals surface area (Å²) in [5, 5.41) is 0. The van der Waals surface area contributed by atoms with Crippen molar-refractivity contribution in [2.45, 2.75) is 70.6 Å². The van der Waals surface area contributed by atoms with Crippen LogP contribution in [0.2, 0.25) is 0 Å². The highest BCUT2D eigenvalue weighted by molar-refractivity contribution is 5.40. The molecule has 138 valence electrons. The summed E-state index contributed by atoms with van der Waals surface area (Å²) in [7, 11) is 1.72. The van der Waals surface area contributed by atoms with Crippen LogP contribution in [0.3, 0.4) is 0 Å². The third-order valence-corrected chi connectivity index (χ3v) is 7.92. The summed E-state index contributed by atoms with van der Waals surface area (Å²) in [6.07, 6.45) is 5.93. The minimum atomic E-state index is -2.16. The second-order valence-corrected chi connectivity index (χ2v) is 8.48. The van der Waals surface area contributed by atoms with Gasteiger partial charge in [0.25, 0.3) is 0 Å². The minimum absolute atomic E-state index is 0.121. The van der Waals surface area contributed by atoms with Gasteiger partial charge in [0.05, 0.1) is 7.11 Å². The van der Waals surface area contributed by atoms with Gasteiger partial charge in [0.2, 0.25) is 6.43 Å². The van der Waals surface area contributed by atoms with E-state index in [1.165, 1.54) is 17.5 Å². The third-order valence-electron chi connectivity index (χ3n) is 7.92. The highest BCUT2D eigenvalue weighted by atomic mass is 19.3. The maximum atomic E-state index is 13.9. The van der Waals surface area contributed by atoms with Crippen molar-refractivity contribution in [1.82, 2.24) is 0 Å². The second-order valence-electron chi connectivity index (χ2n) is 8.48. The first-order chi connectivity index (χ1) is 12.1. The Morgan fingerprint density at radius 1 is 1.20 bits per heavy atom. The molecule has 2 fully saturated rings. The molecule has 3 aliphatic rings. The highest BCUT2D eigenvalue weighted by Crippen LogP contribution is 2.63. The zero-order chi connectivity index (χ0) is 17.6. The summed E-state index contributed by atoms with van der Waals surface area (Å²) in [6, 6.07) is 6.50. The first kappa shape index (κ1) is 17.3. The SMILES string of the molecule is CC[C@]12CC[C@@H]3c4cc(OC)ccc4CC[C@H]3[C@@H]1CCCC2C(F)F. The fourth-order valence-electron chi connectivity index (χ4n) is 6.80. The van der Waals surface area contributed by atoms with E-state index in [-0.39, 0.29) is 11.3 Å². The molecule has 0 bridgehead atoms. The second kappa shape index (κ2) is 6.55. The number of aryl methyl sites for hydroxylation is 1. The quantitative estimate of drug-likeness (QED) is 0.631. The van der Waals surface area contributed by atoms with Crippen LogP contribution in [0.25, 0.3) is 0 Å². The fourth-order valence-corrected chi connectivity index (χ4v) is 6.80. The van der Waals surface area contributed by atoms with Crippen molar-refractivity contribution in [2.24, 2.45) is 23.2 Å². The van der Waals surface area contributed by atoms with Crippen LogP contribution in [0.15, 0.2) is 18.2 Å². The van der Waals surface area contributed by atoms with Crippen molar-refractivity contribution >= 4 is 0 Å². The summed E-state index contributed by atoms with van der Waals surface area (Å²) in [5.41, 5.74) is 2.77. The maximum absolute atomic E-state index is 13.9. The van der Waals surface area contributed by atoms with Crippen molar-refractivity contribution in [3.8, 4) is 5.75 Å². The van der Waals surface area contributed by atoms with E-state index in [0.29, 0.717) is 17.8 Å². The number of halogens is 2. The summed E-state index contributed by atoms with van der Waals surface area (Å²) < 4.78 is 33.2. The summed E-state index contributed by atoms with van der Waals surface area (Å²) in [6.45, 7) is 2.16. The van der Waals surface area contributed by atoms with Crippen molar-refractivity contribution in [3.63, 3.8) is 0 Å². The lowest BCUT2D eigenvalue weighted by atomic mass is 9.46. The Bertz CT molecular complexity index is 628. The van der Waals surface area contributed by atoms with Gasteiger partial charge in [0.15, 0.2) is 0 Å². The van der Waals surface area contributed by atoms with Gasteiger partial charge in [-0.15, -0.1) is 0 Å². The molecule has 1 aromatic rings. The highest BCUT2D eigenvalue weighted by Gasteiger charge is 2.56. The molecule has 0 N–H and O–H groups in total. The predicted molar refractivity (Wildman–Crippen MR) is 96.3 cm³/mol. The Morgan fingerprint density at radius 3 is 2.76 bits per heavy atom. The molecule has 1 unspecified atom stereocenters. The Kier molecular flexibility index (Phi) is 4.54. The molecule has 4 rings (SSSR count). The smallest absolute Gasteiger partial charge is 0.241 e. The Morgan fingerprint density at radius 2 is 2.04 bits per heavy atom. The van der Waals surface area contributed by atoms with Gasteiger partial charge < -0.3 is 4.74 Å². The van der Waals surface area contributed by atoms with Crippen LogP contribution in [-0.4, -0.2) is 13.5 Å². The van der Waals surface area contributed by atoms with E-state index >= 15 is 0 Å². The molecular weight excluding hydrogens is 318 g/mol. The lowest BCUT2D eigenvalue weighted by Crippen LogP contribution is -2.51. The van der Waals surface area contributed by atoms with Crippen molar-refractivity contribution in [1.29, 1.82) is 0 Å². The molecule has 3 aliphatic carbocycles. The molecule has 25 heavy (non-hydrogen) atoms. The zero-order valence-electron chi connectivity index (χ0n) is 15.4. The van der Waals surface area contributed by atoms with E-state index in [0.717, 1.165) is 50.7 Å². The number of alkyl halides is 2. The van der Waals surface area contributed by atoms with Gasteiger partial charge in [-0.05, 0) is 91.4 Å². The number of hydrogen-bond acceptors (Lipinski definition) is 1. The molecule has 3 heteroatoms. The molecule has 0 spiro atoms. The summed E-state index contributed by atoms with van der Waals surface area (Å²) >= 11 is 0. The van der Waals surface area contributed by atoms with Crippen LogP contribution in [-0.2, 0) is 6.42 Å². The van der Waals surface area contributed by atoms with Crippen molar-refractivity contribution in [2.75, 3.05) is 7.11 Å². The van der Waals surface area contributed by atoms with Crippen LogP contribution in [0.5, 0.6) is 5.75 Å². The number of fused-ring (bicyclic) bond motifs is 5. The van der Waals surface area contributed by atoms with E-state index in [2.05, 4.69) is 25.1 Å². The Balaban J connectivity index is 1.70. The van der Waals surface area contributed by atoms with E-state index in [9.17, 15) is 8.78 Å². The molecule has 0 aliphatic heterocycles. The molecule has 2 saturated carbocycles. The average molecular weight is 348 g/mol. The Labute approximate surface area is 150 Å². The number of methoxy groups -OCH3 is 1. The number of benzene rings is 1. The van der Waals surface area contributed by atoms with E-state index in [1.54, 1.807) is 7.11 Å². The molecular formula is C22H30F2O. The van der Waals surface area contributed by atoms with Crippen LogP contribution in [0, 0.1) is 23.2 Å². The van der Waals surface area contributed by atoms with Crippen LogP contribution >= 0.6 is 0 Å². The Hall–Kier alpha value is -1.12. The van der Waals surface area contributed by atoms with Gasteiger partial charge in [-0.2, -0.15) is 0 Å². The van der Waals surface area contributed by atoms with Gasteiger partial charge in [-0.1, -0.05) is 19.4 Å². The normalized spacial score (nSPS) is 37.2. The number of rotatable bonds is 3. The van der Waals surface area contributed by atoms with E-state index in [1.807, 2.05) is 0 Å². The first-order valence-electron chi connectivity index (χ1n) is 10.1. The van der Waals surface area contributed by atoms with Gasteiger partial charge in [-0.25, -0.2) is 8.78 Å². The molecule has 0 aromatic heterocycles. The lowest BCUT2D eigenvalue weighted by Gasteiger charge is -2.58. The lowest BCUT2D eigenvalue weighted by molar-refractivity contribution is -0.119. The van der Waals surface area contributed by atoms with Crippen LogP contribution in [0.1, 0.15) is 68.9 Å². The number of hydrogen-bond donors (Lipinski definition) is 0. The van der Waals surface area contributed by atoms with Gasteiger partial charge in [0.1, 0.15) is 5.75 Å². The molecule has 0 heterocycles. The van der Waals surface area contributed by atoms with E-state index < -0.39 is 6.43 Å². The number of ether oxygens (including phenoxy) is 1. The predicted octanol–water partition coefficient (Wildman–Crippen LogP) is 6.21. The molecule has 0 amide bonds. The molecule has 1 nitrogen and oxygen atoms in total. The van der Waals surface area contributed by atoms with Gasteiger partial charge in [0, 0.05) is 5.92 Å². The standard InChI is InChI=1S/C22H30F2O/c1-3-22-12-11-16-17(19(22)5-4-6-20(22)21(23)24)10-8-14-7-9-15(25-2)13-18(14)16/h7,9,13,16-17,19-21H,3-6,8,10-12H2,1-2H3/t16-,17+,19-,20?,22-/m0/s1. The fraction of sp³-hybridized carbons (Fsp3) is 0.727. The average Bonchev–Trinajstić information content (AvgIpc) is 2.65. The molecule has 0 saturated heterocycles. The summed E-state index contributed by atoms with van der Waals surface area (Å²) in [4.78, 5) is 0. The maximum Gasteiger partial charge on any atom is 0.241 e. The van der Waals surface area contributed by atoms with Crippen LogP contribution in [0.4, 0.5) is 8.78 Å². The van der Waals surface area contributed by atoms with Crippen molar-refractivity contribution in [3.05, 3.63) is 29.3 Å². The van der Waals surface area contributed by atoms with Gasteiger partial charge in [-0.3, -0.25) is 0 Å². The summed E-state index contributed by atoms with van der Waals surface area (Å²) in [5.74, 6) is 2.14. The van der Waals surface area contributed by atoms with Crippen molar-refractivity contribution < 1.29 is 13.5 Å². The van der Waals surface area contributed by atoms with Crippen LogP contribution < -0.4 is 4.74 Å². The molecule has 0 radical (unpaired) electrons. The minimum Gasteiger partial charge on any atom is -0.497 e. The third kappa shape index (κ3) is 2.61. The zero-order valence-corrected chi connectivity index (χ0v) is 15.4. The largest absolute Gasteiger partial charge is 0.497 e. The van der Waals surface area contributed by atoms with Gasteiger partial charge >= 0.3 is 0 Å². The first-order valence-corrected chi connectivity index (χ1v) is 10.1. The topological polar surface area (TPSA) is 9.23 Å². The monoisotopic (exact) mass is 348 g/mol. The molecule has 5 atom stereocenters.